The van der Waals surface area contributed by atoms with Crippen LogP contribution in [0, 0.1) is 0 Å². The minimum Gasteiger partial charge on any atom is -0.397 e. The predicted molar refractivity (Wildman–Crippen MR) is 128 cm³/mol. The highest BCUT2D eigenvalue weighted by Crippen LogP contribution is 2.32. The lowest BCUT2D eigenvalue weighted by Crippen LogP contribution is -2.52. The number of hydrogen-bond acceptors (Lipinski definition) is 7. The number of pyridine rings is 1. The second kappa shape index (κ2) is 8.98. The first-order valence-corrected chi connectivity index (χ1v) is 11.7. The van der Waals surface area contributed by atoms with Gasteiger partial charge in [-0.1, -0.05) is 6.07 Å². The molecule has 0 saturated carbocycles. The molecule has 9 heteroatoms. The van der Waals surface area contributed by atoms with Gasteiger partial charge in [0.15, 0.2) is 0 Å². The van der Waals surface area contributed by atoms with Crippen molar-refractivity contribution in [3.63, 3.8) is 0 Å². The van der Waals surface area contributed by atoms with Crippen molar-refractivity contribution in [3.8, 4) is 11.3 Å². The number of aliphatic imine (C=N–C) groups is 1. The largest absolute Gasteiger partial charge is 0.397 e. The fourth-order valence-electron chi connectivity index (χ4n) is 5.04. The Labute approximate surface area is 198 Å². The molecule has 1 unspecified atom stereocenters. The van der Waals surface area contributed by atoms with E-state index in [9.17, 15) is 14.4 Å². The number of hydrogen-bond donors (Lipinski definition) is 2. The van der Waals surface area contributed by atoms with E-state index < -0.39 is 11.9 Å². The average Bonchev–Trinajstić information content (AvgIpc) is 3.44. The summed E-state index contributed by atoms with van der Waals surface area (Å²) in [6.07, 6.45) is 4.65. The van der Waals surface area contributed by atoms with Crippen LogP contribution in [0.4, 0.5) is 5.69 Å². The summed E-state index contributed by atoms with van der Waals surface area (Å²) in [4.78, 5) is 49.7. The summed E-state index contributed by atoms with van der Waals surface area (Å²) < 4.78 is 0. The number of amides is 3. The zero-order valence-corrected chi connectivity index (χ0v) is 19.2. The van der Waals surface area contributed by atoms with Crippen molar-refractivity contribution in [1.29, 1.82) is 0 Å². The number of carbonyl (C=O) groups excluding carboxylic acids is 3. The third-order valence-corrected chi connectivity index (χ3v) is 6.84. The molecule has 2 fully saturated rings. The van der Waals surface area contributed by atoms with Gasteiger partial charge in [0.2, 0.25) is 11.8 Å². The molecule has 34 heavy (non-hydrogen) atoms. The molecule has 2 saturated heterocycles. The van der Waals surface area contributed by atoms with Crippen molar-refractivity contribution in [1.82, 2.24) is 20.1 Å². The Morgan fingerprint density at radius 2 is 2.00 bits per heavy atom. The number of likely N-dealkylation sites (tertiary alicyclic amines) is 1. The average molecular weight is 461 g/mol. The topological polar surface area (TPSA) is 121 Å². The summed E-state index contributed by atoms with van der Waals surface area (Å²) in [5, 5.41) is 2.34. The number of piperidine rings is 1. The molecule has 0 radical (unpaired) electrons. The van der Waals surface area contributed by atoms with Crippen molar-refractivity contribution in [2.45, 2.75) is 44.8 Å². The lowest BCUT2D eigenvalue weighted by molar-refractivity contribution is -0.136. The molecule has 4 heterocycles. The van der Waals surface area contributed by atoms with E-state index in [0.29, 0.717) is 29.9 Å². The molecule has 3 amide bonds. The van der Waals surface area contributed by atoms with Gasteiger partial charge in [-0.15, -0.1) is 0 Å². The molecule has 0 spiro atoms. The number of rotatable bonds is 5. The number of nitrogens with zero attached hydrogens (tertiary/aromatic N) is 4. The molecule has 9 nitrogen and oxygen atoms in total. The van der Waals surface area contributed by atoms with E-state index in [1.165, 1.54) is 12.8 Å². The van der Waals surface area contributed by atoms with E-state index in [0.717, 1.165) is 42.0 Å². The number of imide groups is 1. The third kappa shape index (κ3) is 4.07. The highest BCUT2D eigenvalue weighted by molar-refractivity contribution is 6.05. The SMILES string of the molecule is CN=Cc1nc(-c2ccc3c(c2)CN(C2CCC(=O)NC2=O)C3=O)cc(CN2CCCC2)c1N. The molecule has 1 aromatic carbocycles. The maximum absolute atomic E-state index is 13.0. The van der Waals surface area contributed by atoms with Gasteiger partial charge in [-0.2, -0.15) is 0 Å². The summed E-state index contributed by atoms with van der Waals surface area (Å²) in [5.74, 6) is -0.888. The van der Waals surface area contributed by atoms with Crippen LogP contribution in [0.2, 0.25) is 0 Å². The van der Waals surface area contributed by atoms with Crippen LogP contribution >= 0.6 is 0 Å². The van der Waals surface area contributed by atoms with Gasteiger partial charge in [-0.3, -0.25) is 29.6 Å². The Balaban J connectivity index is 1.46. The quantitative estimate of drug-likeness (QED) is 0.518. The molecule has 1 atom stereocenters. The van der Waals surface area contributed by atoms with Gasteiger partial charge < -0.3 is 10.6 Å². The number of fused-ring (bicyclic) bond motifs is 1. The van der Waals surface area contributed by atoms with Gasteiger partial charge in [-0.05, 0) is 61.7 Å². The maximum atomic E-state index is 13.0. The number of aromatic nitrogens is 1. The summed E-state index contributed by atoms with van der Waals surface area (Å²) in [7, 11) is 1.69. The first-order valence-electron chi connectivity index (χ1n) is 11.7. The number of anilines is 1. The normalized spacial score (nSPS) is 20.9. The highest BCUT2D eigenvalue weighted by atomic mass is 16.2. The Hall–Kier alpha value is -3.59. The van der Waals surface area contributed by atoms with Gasteiger partial charge >= 0.3 is 0 Å². The molecular formula is C25H28N6O3. The Kier molecular flexibility index (Phi) is 5.87. The number of carbonyl (C=O) groups is 3. The first-order chi connectivity index (χ1) is 16.4. The zero-order chi connectivity index (χ0) is 23.8. The zero-order valence-electron chi connectivity index (χ0n) is 19.2. The van der Waals surface area contributed by atoms with Crippen LogP contribution in [0.5, 0.6) is 0 Å². The number of nitrogens with one attached hydrogen (secondary N) is 1. The Morgan fingerprint density at radius 1 is 1.21 bits per heavy atom. The minimum absolute atomic E-state index is 0.185. The smallest absolute Gasteiger partial charge is 0.255 e. The fourth-order valence-corrected chi connectivity index (χ4v) is 5.04. The predicted octanol–water partition coefficient (Wildman–Crippen LogP) is 1.74. The monoisotopic (exact) mass is 460 g/mol. The maximum Gasteiger partial charge on any atom is 0.255 e. The van der Waals surface area contributed by atoms with Crippen molar-refractivity contribution < 1.29 is 14.4 Å². The third-order valence-electron chi connectivity index (χ3n) is 6.84. The van der Waals surface area contributed by atoms with E-state index in [2.05, 4.69) is 15.2 Å². The molecule has 176 valence electrons. The number of nitrogen functional groups attached to an aromatic ring is 1. The molecular weight excluding hydrogens is 432 g/mol. The van der Waals surface area contributed by atoms with Crippen LogP contribution in [0.15, 0.2) is 29.3 Å². The van der Waals surface area contributed by atoms with Gasteiger partial charge in [-0.25, -0.2) is 4.98 Å². The lowest BCUT2D eigenvalue weighted by Gasteiger charge is -2.29. The van der Waals surface area contributed by atoms with E-state index in [-0.39, 0.29) is 18.2 Å². The first kappa shape index (κ1) is 22.2. The van der Waals surface area contributed by atoms with Crippen molar-refractivity contribution in [2.24, 2.45) is 4.99 Å². The van der Waals surface area contributed by atoms with Crippen LogP contribution in [-0.2, 0) is 22.7 Å². The van der Waals surface area contributed by atoms with E-state index in [4.69, 9.17) is 10.7 Å². The van der Waals surface area contributed by atoms with Gasteiger partial charge in [0.1, 0.15) is 11.7 Å². The number of benzene rings is 1. The fraction of sp³-hybridized carbons (Fsp3) is 0.400. The van der Waals surface area contributed by atoms with Crippen molar-refractivity contribution in [3.05, 3.63) is 46.6 Å². The molecule has 0 aliphatic carbocycles. The highest BCUT2D eigenvalue weighted by Gasteiger charge is 2.39. The van der Waals surface area contributed by atoms with Crippen LogP contribution in [-0.4, -0.2) is 64.9 Å². The molecule has 2 aromatic rings. The standard InChI is InChI=1S/C25H28N6O3/c1-27-12-20-23(26)17(13-30-8-2-3-9-30)11-19(28-20)15-4-5-18-16(10-15)14-31(25(18)34)21-6-7-22(32)29-24(21)33/h4-5,10-12,21H,2-3,6-9,13-14,26H2,1H3,(H,29,32,33). The van der Waals surface area contributed by atoms with Crippen molar-refractivity contribution >= 4 is 29.6 Å². The second-order valence-electron chi connectivity index (χ2n) is 9.11. The summed E-state index contributed by atoms with van der Waals surface area (Å²) in [6, 6.07) is 7.04. The van der Waals surface area contributed by atoms with E-state index >= 15 is 0 Å². The summed E-state index contributed by atoms with van der Waals surface area (Å²) in [6.45, 7) is 3.21. The van der Waals surface area contributed by atoms with Crippen molar-refractivity contribution in [2.75, 3.05) is 25.9 Å². The molecule has 0 bridgehead atoms. The summed E-state index contributed by atoms with van der Waals surface area (Å²) >= 11 is 0. The van der Waals surface area contributed by atoms with E-state index in [1.54, 1.807) is 24.2 Å². The van der Waals surface area contributed by atoms with Crippen LogP contribution in [0.25, 0.3) is 11.3 Å². The minimum atomic E-state index is -0.630. The van der Waals surface area contributed by atoms with E-state index in [1.807, 2.05) is 18.2 Å². The van der Waals surface area contributed by atoms with Gasteiger partial charge in [0.25, 0.3) is 5.91 Å². The second-order valence-corrected chi connectivity index (χ2v) is 9.11. The van der Waals surface area contributed by atoms with Gasteiger partial charge in [0.05, 0.1) is 11.4 Å². The Bertz CT molecular complexity index is 1200. The van der Waals surface area contributed by atoms with Crippen LogP contribution in [0.3, 0.4) is 0 Å². The molecule has 5 rings (SSSR count). The van der Waals surface area contributed by atoms with Crippen LogP contribution in [0.1, 0.15) is 52.9 Å². The molecule has 3 aliphatic heterocycles. The summed E-state index contributed by atoms with van der Waals surface area (Å²) in [5.41, 5.74) is 11.8. The Morgan fingerprint density at radius 3 is 2.74 bits per heavy atom. The molecule has 1 aromatic heterocycles. The number of nitrogens with two attached hydrogens (primary N) is 1. The van der Waals surface area contributed by atoms with Crippen LogP contribution < -0.4 is 11.1 Å². The molecule has 3 N–H and O–H groups in total. The molecule has 3 aliphatic rings. The lowest BCUT2D eigenvalue weighted by atomic mass is 10.0. The van der Waals surface area contributed by atoms with Gasteiger partial charge in [0, 0.05) is 43.9 Å².